The van der Waals surface area contributed by atoms with Gasteiger partial charge in [0.15, 0.2) is 0 Å². The van der Waals surface area contributed by atoms with Crippen LogP contribution in [0.4, 0.5) is 11.4 Å². The second-order valence-electron chi connectivity index (χ2n) is 10.4. The average Bonchev–Trinajstić information content (AvgIpc) is 3.53. The first-order valence-corrected chi connectivity index (χ1v) is 13.3. The maximum atomic E-state index is 14.0. The van der Waals surface area contributed by atoms with Gasteiger partial charge >= 0.3 is 0 Å². The third-order valence-corrected chi connectivity index (χ3v) is 8.42. The van der Waals surface area contributed by atoms with E-state index in [1.807, 2.05) is 37.3 Å². The molecular weight excluding hydrogens is 486 g/mol. The van der Waals surface area contributed by atoms with Crippen molar-refractivity contribution in [3.63, 3.8) is 0 Å². The van der Waals surface area contributed by atoms with Crippen molar-refractivity contribution in [1.82, 2.24) is 4.90 Å². The van der Waals surface area contributed by atoms with Crippen LogP contribution in [-0.2, 0) is 19.1 Å². The normalized spacial score (nSPS) is 29.3. The van der Waals surface area contributed by atoms with Crippen LogP contribution in [0.25, 0.3) is 0 Å². The number of hydrogen-bond acceptors (Lipinski definition) is 6. The zero-order chi connectivity index (χ0) is 26.9. The van der Waals surface area contributed by atoms with Gasteiger partial charge in [-0.2, -0.15) is 0 Å². The number of amides is 3. The Morgan fingerprint density at radius 3 is 2.37 bits per heavy atom. The summed E-state index contributed by atoms with van der Waals surface area (Å²) in [5.41, 5.74) is -0.675. The molecule has 2 bridgehead atoms. The lowest BCUT2D eigenvalue weighted by Crippen LogP contribution is -2.53. The summed E-state index contributed by atoms with van der Waals surface area (Å²) < 4.78 is 12.0. The molecule has 0 aliphatic carbocycles. The molecule has 0 saturated carbocycles. The second kappa shape index (κ2) is 10.4. The highest BCUT2D eigenvalue weighted by molar-refractivity contribution is 6.05. The minimum Gasteiger partial charge on any atom is -0.497 e. The Morgan fingerprint density at radius 1 is 1.03 bits per heavy atom. The molecule has 38 heavy (non-hydrogen) atoms. The van der Waals surface area contributed by atoms with Crippen LogP contribution < -0.4 is 15.4 Å². The fourth-order valence-electron chi connectivity index (χ4n) is 6.68. The van der Waals surface area contributed by atoms with Crippen molar-refractivity contribution in [2.45, 2.75) is 56.3 Å². The maximum absolute atomic E-state index is 14.0. The number of aliphatic hydroxyl groups excluding tert-OH is 1. The summed E-state index contributed by atoms with van der Waals surface area (Å²) in [7, 11) is 1.57. The summed E-state index contributed by atoms with van der Waals surface area (Å²) in [6, 6.07) is 15.3. The first-order chi connectivity index (χ1) is 18.4. The standard InChI is InChI=1S/C29H35N3O6/c1-3-28-15-16-29(38-28)23(22(28)25(34)30-19-9-5-4-6-10-19)27(36)32(17-7-8-18-33)24(29)26(35)31-20-11-13-21(37-2)14-12-20/h4-6,9-14,22-24,33H,3,7-8,15-18H2,1-2H3,(H,30,34)(H,31,35)/t22-,23+,24?,28+,29?/m1/s1. The third kappa shape index (κ3) is 4.23. The number of carbonyl (C=O) groups excluding carboxylic acids is 3. The molecule has 0 radical (unpaired) electrons. The summed E-state index contributed by atoms with van der Waals surface area (Å²) in [4.78, 5) is 43.2. The first-order valence-electron chi connectivity index (χ1n) is 13.3. The summed E-state index contributed by atoms with van der Waals surface area (Å²) in [6.45, 7) is 2.27. The summed E-state index contributed by atoms with van der Waals surface area (Å²) in [5.74, 6) is -1.65. The Hall–Kier alpha value is -3.43. The molecule has 2 unspecified atom stereocenters. The second-order valence-corrected chi connectivity index (χ2v) is 10.4. The Bertz CT molecular complexity index is 1190. The molecule has 2 aromatic rings. The smallest absolute Gasteiger partial charge is 0.250 e. The van der Waals surface area contributed by atoms with E-state index in [1.165, 1.54) is 0 Å². The predicted octanol–water partition coefficient (Wildman–Crippen LogP) is 3.20. The number of aliphatic hydroxyl groups is 1. The molecule has 3 aliphatic heterocycles. The van der Waals surface area contributed by atoms with Gasteiger partial charge in [-0.15, -0.1) is 0 Å². The molecule has 3 N–H and O–H groups in total. The van der Waals surface area contributed by atoms with Gasteiger partial charge in [0.2, 0.25) is 17.7 Å². The van der Waals surface area contributed by atoms with E-state index < -0.39 is 29.1 Å². The lowest BCUT2D eigenvalue weighted by atomic mass is 9.65. The molecular formula is C29H35N3O6. The molecule has 9 nitrogen and oxygen atoms in total. The molecule has 2 aromatic carbocycles. The Balaban J connectivity index is 1.49. The minimum atomic E-state index is -1.10. The number of para-hydroxylation sites is 1. The van der Waals surface area contributed by atoms with E-state index in [-0.39, 0.29) is 24.3 Å². The number of hydrogen-bond donors (Lipinski definition) is 3. The van der Waals surface area contributed by atoms with Crippen LogP contribution in [0, 0.1) is 11.8 Å². The highest BCUT2D eigenvalue weighted by atomic mass is 16.5. The van der Waals surface area contributed by atoms with Crippen LogP contribution >= 0.6 is 0 Å². The van der Waals surface area contributed by atoms with Gasteiger partial charge in [-0.05, 0) is 68.5 Å². The molecule has 1 spiro atoms. The van der Waals surface area contributed by atoms with E-state index in [9.17, 15) is 19.5 Å². The molecule has 3 aliphatic rings. The van der Waals surface area contributed by atoms with Gasteiger partial charge in [-0.3, -0.25) is 14.4 Å². The fourth-order valence-corrected chi connectivity index (χ4v) is 6.68. The van der Waals surface area contributed by atoms with Gasteiger partial charge in [0.1, 0.15) is 17.4 Å². The van der Waals surface area contributed by atoms with Gasteiger partial charge in [0.25, 0.3) is 0 Å². The van der Waals surface area contributed by atoms with Crippen LogP contribution in [0.3, 0.4) is 0 Å². The Labute approximate surface area is 222 Å². The predicted molar refractivity (Wildman–Crippen MR) is 142 cm³/mol. The average molecular weight is 522 g/mol. The van der Waals surface area contributed by atoms with Gasteiger partial charge in [0, 0.05) is 24.5 Å². The van der Waals surface area contributed by atoms with Gasteiger partial charge in [0.05, 0.1) is 24.5 Å². The maximum Gasteiger partial charge on any atom is 0.250 e. The number of rotatable bonds is 10. The van der Waals surface area contributed by atoms with Crippen molar-refractivity contribution >= 4 is 29.1 Å². The van der Waals surface area contributed by atoms with Gasteiger partial charge in [-0.1, -0.05) is 25.1 Å². The Morgan fingerprint density at radius 2 is 1.71 bits per heavy atom. The van der Waals surface area contributed by atoms with E-state index in [0.717, 1.165) is 0 Å². The molecule has 9 heteroatoms. The van der Waals surface area contributed by atoms with Crippen molar-refractivity contribution in [3.05, 3.63) is 54.6 Å². The number of likely N-dealkylation sites (tertiary alicyclic amines) is 1. The fraction of sp³-hybridized carbons (Fsp3) is 0.483. The number of carbonyl (C=O) groups is 3. The number of unbranched alkanes of at least 4 members (excludes halogenated alkanes) is 1. The van der Waals surface area contributed by atoms with Crippen molar-refractivity contribution in [2.24, 2.45) is 11.8 Å². The zero-order valence-electron chi connectivity index (χ0n) is 21.8. The first kappa shape index (κ1) is 26.2. The monoisotopic (exact) mass is 521 g/mol. The van der Waals surface area contributed by atoms with Crippen molar-refractivity contribution < 1.29 is 29.0 Å². The summed E-state index contributed by atoms with van der Waals surface area (Å²) >= 11 is 0. The highest BCUT2D eigenvalue weighted by Gasteiger charge is 2.78. The quantitative estimate of drug-likeness (QED) is 0.414. The molecule has 3 fully saturated rings. The van der Waals surface area contributed by atoms with Gasteiger partial charge in [-0.25, -0.2) is 0 Å². The molecule has 3 heterocycles. The lowest BCUT2D eigenvalue weighted by molar-refractivity contribution is -0.144. The van der Waals surface area contributed by atoms with Crippen LogP contribution in [-0.4, -0.2) is 65.2 Å². The van der Waals surface area contributed by atoms with Crippen molar-refractivity contribution in [1.29, 1.82) is 0 Å². The van der Waals surface area contributed by atoms with E-state index >= 15 is 0 Å². The summed E-state index contributed by atoms with van der Waals surface area (Å²) in [6.07, 6.45) is 2.71. The molecule has 0 aromatic heterocycles. The number of nitrogens with zero attached hydrogens (tertiary/aromatic N) is 1. The molecule has 5 atom stereocenters. The van der Waals surface area contributed by atoms with Crippen LogP contribution in [0.15, 0.2) is 54.6 Å². The zero-order valence-corrected chi connectivity index (χ0v) is 21.8. The van der Waals surface area contributed by atoms with E-state index in [1.54, 1.807) is 36.3 Å². The minimum absolute atomic E-state index is 0.00311. The number of fused-ring (bicyclic) bond motifs is 1. The van der Waals surface area contributed by atoms with Crippen molar-refractivity contribution in [3.8, 4) is 5.75 Å². The molecule has 202 valence electrons. The Kier molecular flexibility index (Phi) is 7.15. The van der Waals surface area contributed by atoms with Crippen LogP contribution in [0.2, 0.25) is 0 Å². The largest absolute Gasteiger partial charge is 0.497 e. The number of methoxy groups -OCH3 is 1. The topological polar surface area (TPSA) is 117 Å². The third-order valence-electron chi connectivity index (χ3n) is 8.42. The van der Waals surface area contributed by atoms with E-state index in [2.05, 4.69) is 10.6 Å². The lowest BCUT2D eigenvalue weighted by Gasteiger charge is -2.34. The highest BCUT2D eigenvalue weighted by Crippen LogP contribution is 2.64. The van der Waals surface area contributed by atoms with E-state index in [4.69, 9.17) is 9.47 Å². The number of nitrogens with one attached hydrogen (secondary N) is 2. The number of benzene rings is 2. The SMILES string of the molecule is CC[C@@]12CCC3(O1)C(C(=O)Nc1ccc(OC)cc1)N(CCCCO)C(=O)[C@@H]3[C@@H]2C(=O)Nc1ccccc1. The summed E-state index contributed by atoms with van der Waals surface area (Å²) in [5, 5.41) is 15.3. The van der Waals surface area contributed by atoms with E-state index in [0.29, 0.717) is 55.8 Å². The van der Waals surface area contributed by atoms with Crippen molar-refractivity contribution in [2.75, 3.05) is 30.9 Å². The van der Waals surface area contributed by atoms with Crippen LogP contribution in [0.1, 0.15) is 39.0 Å². The number of ether oxygens (including phenoxy) is 2. The van der Waals surface area contributed by atoms with Crippen LogP contribution in [0.5, 0.6) is 5.75 Å². The molecule has 3 amide bonds. The molecule has 3 saturated heterocycles. The number of anilines is 2. The molecule has 5 rings (SSSR count). The van der Waals surface area contributed by atoms with Gasteiger partial charge < -0.3 is 30.1 Å².